The number of aliphatic carboxylic acids is 1. The summed E-state index contributed by atoms with van der Waals surface area (Å²) < 4.78 is 0. The molecule has 0 aromatic heterocycles. The van der Waals surface area contributed by atoms with Crippen molar-refractivity contribution < 1.29 is 14.7 Å². The smallest absolute Gasteiger partial charge is 0.303 e. The number of hydrogen-bond acceptors (Lipinski definition) is 2. The van der Waals surface area contributed by atoms with E-state index in [-0.39, 0.29) is 11.8 Å². The summed E-state index contributed by atoms with van der Waals surface area (Å²) in [5, 5.41) is 8.45. The molecule has 0 aromatic rings. The average molecular weight is 228 g/mol. The van der Waals surface area contributed by atoms with Crippen molar-refractivity contribution in [3.63, 3.8) is 0 Å². The maximum Gasteiger partial charge on any atom is 0.303 e. The van der Waals surface area contributed by atoms with Gasteiger partial charge in [-0.1, -0.05) is 39.5 Å². The molecule has 3 nitrogen and oxygen atoms in total. The Balaban J connectivity index is 3.39. The second-order valence-corrected chi connectivity index (χ2v) is 4.79. The Morgan fingerprint density at radius 1 is 1.19 bits per heavy atom. The molecule has 0 heterocycles. The third-order valence-electron chi connectivity index (χ3n) is 3.23. The van der Waals surface area contributed by atoms with Gasteiger partial charge in [-0.25, -0.2) is 0 Å². The first-order valence-corrected chi connectivity index (χ1v) is 6.22. The maximum atomic E-state index is 10.8. The molecule has 0 aromatic carbocycles. The van der Waals surface area contributed by atoms with Crippen LogP contribution in [0.3, 0.4) is 0 Å². The number of rotatable bonds is 10. The molecule has 0 aliphatic rings. The first-order chi connectivity index (χ1) is 7.54. The Morgan fingerprint density at radius 3 is 2.25 bits per heavy atom. The molecule has 0 saturated heterocycles. The fourth-order valence-electron chi connectivity index (χ4n) is 1.65. The monoisotopic (exact) mass is 228 g/mol. The number of carboxylic acids is 1. The first-order valence-electron chi connectivity index (χ1n) is 6.22. The van der Waals surface area contributed by atoms with Crippen LogP contribution in [0.25, 0.3) is 0 Å². The topological polar surface area (TPSA) is 54.4 Å². The third kappa shape index (κ3) is 7.43. The van der Waals surface area contributed by atoms with Gasteiger partial charge in [0.1, 0.15) is 6.29 Å². The van der Waals surface area contributed by atoms with Gasteiger partial charge in [0.05, 0.1) is 0 Å². The number of unbranched alkanes of at least 4 members (excludes halogenated alkanes) is 4. The predicted molar refractivity (Wildman–Crippen MR) is 64.4 cm³/mol. The molecule has 0 bridgehead atoms. The van der Waals surface area contributed by atoms with Gasteiger partial charge in [0.15, 0.2) is 0 Å². The molecular weight excluding hydrogens is 204 g/mol. The van der Waals surface area contributed by atoms with Crippen molar-refractivity contribution in [2.75, 3.05) is 0 Å². The molecule has 0 aliphatic heterocycles. The largest absolute Gasteiger partial charge is 0.481 e. The van der Waals surface area contributed by atoms with Crippen LogP contribution in [-0.2, 0) is 9.59 Å². The molecule has 0 saturated carbocycles. The van der Waals surface area contributed by atoms with Crippen LogP contribution in [0.15, 0.2) is 0 Å². The van der Waals surface area contributed by atoms with E-state index < -0.39 is 5.97 Å². The summed E-state index contributed by atoms with van der Waals surface area (Å²) in [4.78, 5) is 21.1. The molecule has 16 heavy (non-hydrogen) atoms. The summed E-state index contributed by atoms with van der Waals surface area (Å²) in [5.74, 6) is -0.709. The van der Waals surface area contributed by atoms with Gasteiger partial charge in [0.2, 0.25) is 0 Å². The fraction of sp³-hybridized carbons (Fsp3) is 0.846. The highest BCUT2D eigenvalue weighted by Gasteiger charge is 2.19. The van der Waals surface area contributed by atoms with Crippen molar-refractivity contribution in [3.8, 4) is 0 Å². The van der Waals surface area contributed by atoms with E-state index in [1.54, 1.807) is 0 Å². The lowest BCUT2D eigenvalue weighted by Crippen LogP contribution is -2.16. The summed E-state index contributed by atoms with van der Waals surface area (Å²) >= 11 is 0. The lowest BCUT2D eigenvalue weighted by molar-refractivity contribution is -0.137. The van der Waals surface area contributed by atoms with Gasteiger partial charge in [-0.2, -0.15) is 0 Å². The van der Waals surface area contributed by atoms with E-state index in [2.05, 4.69) is 0 Å². The molecule has 0 spiro atoms. The quantitative estimate of drug-likeness (QED) is 0.460. The third-order valence-corrected chi connectivity index (χ3v) is 3.23. The molecule has 1 unspecified atom stereocenters. The Bertz CT molecular complexity index is 213. The Morgan fingerprint density at radius 2 is 1.75 bits per heavy atom. The van der Waals surface area contributed by atoms with Crippen molar-refractivity contribution in [2.24, 2.45) is 5.41 Å². The summed E-state index contributed by atoms with van der Waals surface area (Å²) in [5.41, 5.74) is -0.152. The van der Waals surface area contributed by atoms with E-state index in [0.29, 0.717) is 0 Å². The number of carbonyl (C=O) groups is 2. The van der Waals surface area contributed by atoms with E-state index in [1.165, 1.54) is 0 Å². The fourth-order valence-corrected chi connectivity index (χ4v) is 1.65. The summed E-state index contributed by atoms with van der Waals surface area (Å²) in [6, 6.07) is 0. The highest BCUT2D eigenvalue weighted by molar-refractivity contribution is 5.66. The van der Waals surface area contributed by atoms with Crippen molar-refractivity contribution in [1.82, 2.24) is 0 Å². The summed E-state index contributed by atoms with van der Waals surface area (Å²) in [6.07, 6.45) is 8.19. The second-order valence-electron chi connectivity index (χ2n) is 4.79. The average Bonchev–Trinajstić information content (AvgIpc) is 2.27. The van der Waals surface area contributed by atoms with Crippen LogP contribution in [0.1, 0.15) is 65.2 Å². The molecule has 0 amide bonds. The van der Waals surface area contributed by atoms with Crippen LogP contribution in [-0.4, -0.2) is 17.4 Å². The van der Waals surface area contributed by atoms with Gasteiger partial charge in [-0.05, 0) is 19.3 Å². The molecule has 0 fully saturated rings. The SMILES string of the molecule is CCC(C)(C=O)CCCCCCCC(=O)O. The maximum absolute atomic E-state index is 10.8. The van der Waals surface area contributed by atoms with E-state index in [9.17, 15) is 9.59 Å². The molecule has 1 N–H and O–H groups in total. The Kier molecular flexibility index (Phi) is 7.86. The summed E-state index contributed by atoms with van der Waals surface area (Å²) in [7, 11) is 0. The molecule has 3 heteroatoms. The van der Waals surface area contributed by atoms with Crippen LogP contribution in [0, 0.1) is 5.41 Å². The van der Waals surface area contributed by atoms with Gasteiger partial charge < -0.3 is 9.90 Å². The molecule has 94 valence electrons. The molecular formula is C13H24O3. The Labute approximate surface area is 98.2 Å². The van der Waals surface area contributed by atoms with Gasteiger partial charge in [0.25, 0.3) is 0 Å². The molecule has 1 atom stereocenters. The van der Waals surface area contributed by atoms with Crippen LogP contribution < -0.4 is 0 Å². The van der Waals surface area contributed by atoms with E-state index in [4.69, 9.17) is 5.11 Å². The van der Waals surface area contributed by atoms with Gasteiger partial charge in [-0.15, -0.1) is 0 Å². The lowest BCUT2D eigenvalue weighted by atomic mass is 9.84. The van der Waals surface area contributed by atoms with Crippen LogP contribution >= 0.6 is 0 Å². The van der Waals surface area contributed by atoms with Crippen molar-refractivity contribution in [2.45, 2.75) is 65.2 Å². The van der Waals surface area contributed by atoms with Gasteiger partial charge >= 0.3 is 5.97 Å². The van der Waals surface area contributed by atoms with Crippen molar-refractivity contribution in [3.05, 3.63) is 0 Å². The number of hydrogen-bond donors (Lipinski definition) is 1. The molecule has 0 radical (unpaired) electrons. The first kappa shape index (κ1) is 15.1. The zero-order valence-electron chi connectivity index (χ0n) is 10.5. The van der Waals surface area contributed by atoms with Crippen LogP contribution in [0.5, 0.6) is 0 Å². The normalized spacial score (nSPS) is 14.4. The highest BCUT2D eigenvalue weighted by atomic mass is 16.4. The van der Waals surface area contributed by atoms with Crippen molar-refractivity contribution >= 4 is 12.3 Å². The van der Waals surface area contributed by atoms with Gasteiger partial charge in [0, 0.05) is 11.8 Å². The van der Waals surface area contributed by atoms with E-state index in [0.717, 1.165) is 51.2 Å². The minimum Gasteiger partial charge on any atom is -0.481 e. The minimum absolute atomic E-state index is 0.152. The standard InChI is InChI=1S/C13H24O3/c1-3-13(2,11-14)10-8-6-4-5-7-9-12(15)16/h11H,3-10H2,1-2H3,(H,15,16). The second kappa shape index (κ2) is 8.31. The van der Waals surface area contributed by atoms with Gasteiger partial charge in [-0.3, -0.25) is 4.79 Å². The van der Waals surface area contributed by atoms with E-state index in [1.807, 2.05) is 13.8 Å². The van der Waals surface area contributed by atoms with Crippen molar-refractivity contribution in [1.29, 1.82) is 0 Å². The number of carbonyl (C=O) groups excluding carboxylic acids is 1. The van der Waals surface area contributed by atoms with E-state index >= 15 is 0 Å². The number of aldehydes is 1. The molecule has 0 rings (SSSR count). The van der Waals surface area contributed by atoms with Crippen LogP contribution in [0.2, 0.25) is 0 Å². The Hall–Kier alpha value is -0.860. The predicted octanol–water partition coefficient (Wildman–Crippen LogP) is 3.42. The van der Waals surface area contributed by atoms with Crippen LogP contribution in [0.4, 0.5) is 0 Å². The zero-order valence-corrected chi connectivity index (χ0v) is 10.5. The minimum atomic E-state index is -0.709. The summed E-state index contributed by atoms with van der Waals surface area (Å²) in [6.45, 7) is 4.05. The number of carboxylic acid groups (broad SMARTS) is 1. The zero-order chi connectivity index (χ0) is 12.4. The molecule has 0 aliphatic carbocycles. The lowest BCUT2D eigenvalue weighted by Gasteiger charge is -2.20. The highest BCUT2D eigenvalue weighted by Crippen LogP contribution is 2.25.